The van der Waals surface area contributed by atoms with Crippen LogP contribution in [0.1, 0.15) is 31.9 Å². The summed E-state index contributed by atoms with van der Waals surface area (Å²) in [7, 11) is 1.27. The van der Waals surface area contributed by atoms with Crippen LogP contribution in [-0.4, -0.2) is 39.7 Å². The Bertz CT molecular complexity index is 941. The number of methoxy groups -OCH3 is 1. The molecule has 0 bridgehead atoms. The van der Waals surface area contributed by atoms with Crippen LogP contribution in [0.25, 0.3) is 22.2 Å². The number of hydrogen-bond acceptors (Lipinski definition) is 5. The molecule has 6 heteroatoms. The van der Waals surface area contributed by atoms with E-state index < -0.39 is 12.1 Å². The summed E-state index contributed by atoms with van der Waals surface area (Å²) >= 11 is 0. The molecular formula is C20H23N3O3. The number of rotatable bonds is 4. The lowest BCUT2D eigenvalue weighted by Crippen LogP contribution is -2.24. The first kappa shape index (κ1) is 18.1. The number of ether oxygens (including phenoxy) is 1. The summed E-state index contributed by atoms with van der Waals surface area (Å²) in [5, 5.41) is 21.0. The van der Waals surface area contributed by atoms with Crippen LogP contribution in [0, 0.1) is 0 Å². The minimum atomic E-state index is -1.18. The number of benzene rings is 2. The number of nitrogens with zero attached hydrogens (tertiary/aromatic N) is 2. The predicted octanol–water partition coefficient (Wildman–Crippen LogP) is 3.00. The van der Waals surface area contributed by atoms with Gasteiger partial charge in [-0.2, -0.15) is 0 Å². The van der Waals surface area contributed by atoms with E-state index in [0.29, 0.717) is 0 Å². The van der Waals surface area contributed by atoms with Crippen LogP contribution in [0.4, 0.5) is 0 Å². The second-order valence-corrected chi connectivity index (χ2v) is 7.39. The molecule has 0 saturated heterocycles. The maximum absolute atomic E-state index is 11.5. The Balaban J connectivity index is 2.13. The first-order valence-corrected chi connectivity index (χ1v) is 8.50. The Morgan fingerprint density at radius 2 is 2.00 bits per heavy atom. The molecule has 0 aliphatic heterocycles. The molecule has 3 rings (SSSR count). The molecule has 26 heavy (non-hydrogen) atoms. The van der Waals surface area contributed by atoms with Gasteiger partial charge in [-0.1, -0.05) is 56.3 Å². The number of aromatic amines is 1. The second kappa shape index (κ2) is 6.88. The largest absolute Gasteiger partial charge is 0.467 e. The Kier molecular flexibility index (Phi) is 4.78. The molecule has 2 aromatic carbocycles. The van der Waals surface area contributed by atoms with Crippen molar-refractivity contribution in [2.75, 3.05) is 7.11 Å². The average molecular weight is 353 g/mol. The lowest BCUT2D eigenvalue weighted by atomic mass is 9.80. The van der Waals surface area contributed by atoms with Gasteiger partial charge in [-0.3, -0.25) is 5.10 Å². The van der Waals surface area contributed by atoms with Crippen molar-refractivity contribution >= 4 is 17.0 Å². The number of carbonyl (C=O) groups is 1. The van der Waals surface area contributed by atoms with E-state index in [1.54, 1.807) is 0 Å². The van der Waals surface area contributed by atoms with Gasteiger partial charge in [0, 0.05) is 12.0 Å². The molecular weight excluding hydrogens is 330 g/mol. The Hall–Kier alpha value is -2.73. The summed E-state index contributed by atoms with van der Waals surface area (Å²) in [5.41, 5.74) is 5.57. The molecule has 1 unspecified atom stereocenters. The van der Waals surface area contributed by atoms with E-state index in [1.165, 1.54) is 7.11 Å². The van der Waals surface area contributed by atoms with Gasteiger partial charge >= 0.3 is 5.97 Å². The topological polar surface area (TPSA) is 88.1 Å². The van der Waals surface area contributed by atoms with Crippen LogP contribution in [0.5, 0.6) is 0 Å². The zero-order valence-electron chi connectivity index (χ0n) is 15.4. The smallest absolute Gasteiger partial charge is 0.335 e. The molecule has 1 aromatic heterocycles. The molecule has 2 N–H and O–H groups in total. The number of nitrogens with one attached hydrogen (secondary N) is 1. The van der Waals surface area contributed by atoms with Crippen molar-refractivity contribution in [3.63, 3.8) is 0 Å². The molecule has 0 radical (unpaired) electrons. The van der Waals surface area contributed by atoms with E-state index in [0.717, 1.165) is 33.3 Å². The molecule has 0 aliphatic rings. The van der Waals surface area contributed by atoms with Crippen molar-refractivity contribution in [3.05, 3.63) is 47.5 Å². The lowest BCUT2D eigenvalue weighted by Gasteiger charge is -2.24. The summed E-state index contributed by atoms with van der Waals surface area (Å²) in [6.45, 7) is 6.45. The molecule has 0 fully saturated rings. The van der Waals surface area contributed by atoms with Gasteiger partial charge in [-0.05, 0) is 28.2 Å². The number of aromatic nitrogens is 3. The molecule has 3 aromatic rings. The molecule has 1 atom stereocenters. The average Bonchev–Trinajstić information content (AvgIpc) is 3.08. The van der Waals surface area contributed by atoms with E-state index in [9.17, 15) is 9.90 Å². The van der Waals surface area contributed by atoms with Gasteiger partial charge in [-0.25, -0.2) is 4.79 Å². The molecule has 0 amide bonds. The fourth-order valence-electron chi connectivity index (χ4n) is 3.13. The number of aliphatic hydroxyl groups is 1. The van der Waals surface area contributed by atoms with Gasteiger partial charge < -0.3 is 9.84 Å². The number of fused-ring (bicyclic) bond motifs is 1. The van der Waals surface area contributed by atoms with Crippen LogP contribution >= 0.6 is 0 Å². The van der Waals surface area contributed by atoms with Crippen LogP contribution in [0.15, 0.2) is 36.4 Å². The summed E-state index contributed by atoms with van der Waals surface area (Å²) in [6, 6.07) is 11.9. The van der Waals surface area contributed by atoms with Crippen LogP contribution in [0.3, 0.4) is 0 Å². The highest BCUT2D eigenvalue weighted by Crippen LogP contribution is 2.36. The van der Waals surface area contributed by atoms with E-state index in [-0.39, 0.29) is 11.8 Å². The monoisotopic (exact) mass is 353 g/mol. The normalized spacial score (nSPS) is 13.0. The summed E-state index contributed by atoms with van der Waals surface area (Å²) < 4.78 is 4.61. The fraction of sp³-hybridized carbons (Fsp3) is 0.350. The maximum Gasteiger partial charge on any atom is 0.335 e. The molecule has 0 aliphatic carbocycles. The third kappa shape index (κ3) is 3.46. The molecule has 0 spiro atoms. The Morgan fingerprint density at radius 3 is 2.69 bits per heavy atom. The summed E-state index contributed by atoms with van der Waals surface area (Å²) in [5.74, 6) is -0.634. The van der Waals surface area contributed by atoms with E-state index in [4.69, 9.17) is 0 Å². The van der Waals surface area contributed by atoms with Gasteiger partial charge in [0.1, 0.15) is 5.52 Å². The van der Waals surface area contributed by atoms with Gasteiger partial charge in [0.15, 0.2) is 6.10 Å². The lowest BCUT2D eigenvalue weighted by molar-refractivity contribution is -0.150. The number of hydrogen-bond donors (Lipinski definition) is 2. The van der Waals surface area contributed by atoms with Crippen molar-refractivity contribution in [2.45, 2.75) is 38.7 Å². The van der Waals surface area contributed by atoms with E-state index in [2.05, 4.69) is 40.9 Å². The minimum absolute atomic E-state index is 0.0826. The van der Waals surface area contributed by atoms with Crippen molar-refractivity contribution in [1.82, 2.24) is 15.4 Å². The SMILES string of the molecule is COC(=O)C(O)Cc1ccc(C(C)(C)C)c(-c2cccc3[nH]nnc23)c1. The zero-order chi connectivity index (χ0) is 18.9. The van der Waals surface area contributed by atoms with Gasteiger partial charge in [0.2, 0.25) is 0 Å². The van der Waals surface area contributed by atoms with Gasteiger partial charge in [0.05, 0.1) is 12.6 Å². The van der Waals surface area contributed by atoms with Crippen LogP contribution in [-0.2, 0) is 21.4 Å². The summed E-state index contributed by atoms with van der Waals surface area (Å²) in [4.78, 5) is 11.5. The predicted molar refractivity (Wildman–Crippen MR) is 99.8 cm³/mol. The third-order valence-corrected chi connectivity index (χ3v) is 4.44. The second-order valence-electron chi connectivity index (χ2n) is 7.39. The van der Waals surface area contributed by atoms with Crippen molar-refractivity contribution in [3.8, 4) is 11.1 Å². The van der Waals surface area contributed by atoms with Crippen molar-refractivity contribution in [1.29, 1.82) is 0 Å². The zero-order valence-corrected chi connectivity index (χ0v) is 15.4. The van der Waals surface area contributed by atoms with Gasteiger partial charge in [0.25, 0.3) is 0 Å². The number of H-pyrrole nitrogens is 1. The highest BCUT2D eigenvalue weighted by atomic mass is 16.5. The Labute approximate surface area is 152 Å². The standard InChI is InChI=1S/C20H23N3O3/c1-20(2,3)15-9-8-12(11-17(24)19(25)26-4)10-14(15)13-6-5-7-16-18(13)22-23-21-16/h5-10,17,24H,11H2,1-4H3,(H,21,22,23). The first-order chi connectivity index (χ1) is 12.3. The molecule has 6 nitrogen and oxygen atoms in total. The van der Waals surface area contributed by atoms with E-state index >= 15 is 0 Å². The van der Waals surface area contributed by atoms with Crippen molar-refractivity contribution < 1.29 is 14.6 Å². The number of esters is 1. The van der Waals surface area contributed by atoms with Crippen LogP contribution in [0.2, 0.25) is 0 Å². The molecule has 0 saturated carbocycles. The quantitative estimate of drug-likeness (QED) is 0.704. The maximum atomic E-state index is 11.5. The number of carbonyl (C=O) groups excluding carboxylic acids is 1. The minimum Gasteiger partial charge on any atom is -0.467 e. The summed E-state index contributed by atoms with van der Waals surface area (Å²) in [6.07, 6.45) is -0.991. The number of aliphatic hydroxyl groups excluding tert-OH is 1. The van der Waals surface area contributed by atoms with Crippen molar-refractivity contribution in [2.24, 2.45) is 0 Å². The van der Waals surface area contributed by atoms with Gasteiger partial charge in [-0.15, -0.1) is 5.10 Å². The Morgan fingerprint density at radius 1 is 1.23 bits per heavy atom. The molecule has 1 heterocycles. The molecule has 136 valence electrons. The van der Waals surface area contributed by atoms with Crippen LogP contribution < -0.4 is 0 Å². The highest BCUT2D eigenvalue weighted by molar-refractivity contribution is 5.92. The fourth-order valence-corrected chi connectivity index (χ4v) is 3.13. The third-order valence-electron chi connectivity index (χ3n) is 4.44. The first-order valence-electron chi connectivity index (χ1n) is 8.50. The van der Waals surface area contributed by atoms with E-state index in [1.807, 2.05) is 36.4 Å². The highest BCUT2D eigenvalue weighted by Gasteiger charge is 2.22.